The molecule has 0 radical (unpaired) electrons. The van der Waals surface area contributed by atoms with Gasteiger partial charge in [-0.3, -0.25) is 4.79 Å². The van der Waals surface area contributed by atoms with Crippen LogP contribution < -0.4 is 10.2 Å². The Hall–Kier alpha value is -2.63. The number of phenolic OH excluding ortho intramolecular Hbond substituents is 1. The molecule has 1 aliphatic heterocycles. The number of aromatic hydroxyl groups is 1. The van der Waals surface area contributed by atoms with Gasteiger partial charge in [0.25, 0.3) is 0 Å². The van der Waals surface area contributed by atoms with Gasteiger partial charge in [0.15, 0.2) is 0 Å². The van der Waals surface area contributed by atoms with Gasteiger partial charge >= 0.3 is 0 Å². The number of anilines is 1. The molecule has 2 heterocycles. The average Bonchev–Trinajstić information content (AvgIpc) is 2.72. The molecule has 3 rings (SSSR count). The highest BCUT2D eigenvalue weighted by Crippen LogP contribution is 2.40. The Morgan fingerprint density at radius 3 is 2.25 bits per heavy atom. The van der Waals surface area contributed by atoms with Gasteiger partial charge in [-0.25, -0.2) is 9.97 Å². The first kappa shape index (κ1) is 24.0. The van der Waals surface area contributed by atoms with Gasteiger partial charge in [-0.2, -0.15) is 0 Å². The Morgan fingerprint density at radius 2 is 1.69 bits per heavy atom. The van der Waals surface area contributed by atoms with Crippen molar-refractivity contribution in [2.24, 2.45) is 0 Å². The fourth-order valence-corrected chi connectivity index (χ4v) is 4.27. The van der Waals surface area contributed by atoms with Crippen LogP contribution in [0.25, 0.3) is 0 Å². The van der Waals surface area contributed by atoms with Gasteiger partial charge in [0.1, 0.15) is 5.75 Å². The summed E-state index contributed by atoms with van der Waals surface area (Å²) in [5, 5.41) is 14.1. The lowest BCUT2D eigenvalue weighted by molar-refractivity contribution is -0.121. The summed E-state index contributed by atoms with van der Waals surface area (Å²) >= 11 is 0. The smallest absolute Gasteiger partial charge is 0.225 e. The molecule has 1 aromatic carbocycles. The van der Waals surface area contributed by atoms with Crippen LogP contribution in [0.4, 0.5) is 5.95 Å². The molecule has 1 unspecified atom stereocenters. The zero-order valence-electron chi connectivity index (χ0n) is 20.4. The van der Waals surface area contributed by atoms with E-state index in [2.05, 4.69) is 73.9 Å². The number of hydrogen-bond donors (Lipinski definition) is 2. The lowest BCUT2D eigenvalue weighted by Crippen LogP contribution is -2.48. The molecule has 6 heteroatoms. The number of rotatable bonds is 5. The number of aromatic nitrogens is 2. The lowest BCUT2D eigenvalue weighted by atomic mass is 9.78. The molecule has 1 aromatic heterocycles. The first-order valence-electron chi connectivity index (χ1n) is 11.6. The topological polar surface area (TPSA) is 78.4 Å². The van der Waals surface area contributed by atoms with E-state index in [9.17, 15) is 9.90 Å². The van der Waals surface area contributed by atoms with Crippen LogP contribution in [-0.4, -0.2) is 40.1 Å². The van der Waals surface area contributed by atoms with Crippen LogP contribution >= 0.6 is 0 Å². The molecule has 174 valence electrons. The summed E-state index contributed by atoms with van der Waals surface area (Å²) in [5.41, 5.74) is 2.62. The van der Waals surface area contributed by atoms with Crippen molar-refractivity contribution < 1.29 is 9.90 Å². The van der Waals surface area contributed by atoms with Crippen LogP contribution in [0, 0.1) is 0 Å². The zero-order chi connectivity index (χ0) is 23.5. The van der Waals surface area contributed by atoms with E-state index >= 15 is 0 Å². The third kappa shape index (κ3) is 5.99. The molecule has 1 atom stereocenters. The SMILES string of the molecule is CC(C)(C)c1cc(CCC(=O)NC2CCCN(c3ncccn3)C2)cc(C(C)(C)C)c1O. The minimum atomic E-state index is -0.173. The summed E-state index contributed by atoms with van der Waals surface area (Å²) in [7, 11) is 0. The number of hydrogen-bond acceptors (Lipinski definition) is 5. The molecule has 0 aliphatic carbocycles. The van der Waals surface area contributed by atoms with Gasteiger partial charge < -0.3 is 15.3 Å². The third-order valence-electron chi connectivity index (χ3n) is 6.05. The second kappa shape index (κ2) is 9.47. The highest BCUT2D eigenvalue weighted by atomic mass is 16.3. The van der Waals surface area contributed by atoms with Gasteiger partial charge in [-0.15, -0.1) is 0 Å². The average molecular weight is 439 g/mol. The van der Waals surface area contributed by atoms with Gasteiger partial charge in [0.05, 0.1) is 0 Å². The van der Waals surface area contributed by atoms with E-state index in [4.69, 9.17) is 0 Å². The Balaban J connectivity index is 1.65. The molecule has 0 spiro atoms. The second-order valence-electron chi connectivity index (χ2n) is 10.9. The van der Waals surface area contributed by atoms with Crippen molar-refractivity contribution in [3.05, 3.63) is 47.3 Å². The molecular weight excluding hydrogens is 400 g/mol. The fourth-order valence-electron chi connectivity index (χ4n) is 4.27. The Labute approximate surface area is 192 Å². The summed E-state index contributed by atoms with van der Waals surface area (Å²) in [4.78, 5) is 23.6. The first-order valence-corrected chi connectivity index (χ1v) is 11.6. The fraction of sp³-hybridized carbons (Fsp3) is 0.577. The molecule has 2 aromatic rings. The molecule has 0 saturated carbocycles. The highest BCUT2D eigenvalue weighted by Gasteiger charge is 2.27. The highest BCUT2D eigenvalue weighted by molar-refractivity contribution is 5.76. The van der Waals surface area contributed by atoms with Crippen molar-refractivity contribution in [1.29, 1.82) is 0 Å². The van der Waals surface area contributed by atoms with Crippen LogP contribution in [-0.2, 0) is 22.0 Å². The monoisotopic (exact) mass is 438 g/mol. The number of nitrogens with one attached hydrogen (secondary N) is 1. The van der Waals surface area contributed by atoms with Crippen molar-refractivity contribution in [2.45, 2.75) is 84.1 Å². The standard InChI is InChI=1S/C26H38N4O2/c1-25(2,3)20-15-18(16-21(23(20)32)26(4,5)6)10-11-22(31)29-19-9-7-14-30(17-19)24-27-12-8-13-28-24/h8,12-13,15-16,19,32H,7,9-11,14,17H2,1-6H3,(H,29,31). The molecule has 0 bridgehead atoms. The van der Waals surface area contributed by atoms with Crippen LogP contribution in [0.1, 0.15) is 77.5 Å². The summed E-state index contributed by atoms with van der Waals surface area (Å²) in [6.45, 7) is 14.3. The molecule has 6 nitrogen and oxygen atoms in total. The first-order chi connectivity index (χ1) is 14.9. The van der Waals surface area contributed by atoms with Crippen LogP contribution in [0.2, 0.25) is 0 Å². The molecular formula is C26H38N4O2. The predicted octanol–water partition coefficient (Wildman–Crippen LogP) is 4.50. The molecule has 1 saturated heterocycles. The van der Waals surface area contributed by atoms with E-state index in [-0.39, 0.29) is 22.8 Å². The van der Waals surface area contributed by atoms with Crippen LogP contribution in [0.5, 0.6) is 5.75 Å². The molecule has 2 N–H and O–H groups in total. The Bertz CT molecular complexity index is 894. The Kier molecular flexibility index (Phi) is 7.11. The number of amides is 1. The quantitative estimate of drug-likeness (QED) is 0.719. The lowest BCUT2D eigenvalue weighted by Gasteiger charge is -2.33. The van der Waals surface area contributed by atoms with Crippen molar-refractivity contribution in [2.75, 3.05) is 18.0 Å². The van der Waals surface area contributed by atoms with E-state index in [1.165, 1.54) is 0 Å². The van der Waals surface area contributed by atoms with Crippen LogP contribution in [0.3, 0.4) is 0 Å². The Morgan fingerprint density at radius 1 is 1.09 bits per heavy atom. The van der Waals surface area contributed by atoms with Crippen molar-refractivity contribution in [3.63, 3.8) is 0 Å². The van der Waals surface area contributed by atoms with Crippen molar-refractivity contribution in [1.82, 2.24) is 15.3 Å². The zero-order valence-corrected chi connectivity index (χ0v) is 20.4. The van der Waals surface area contributed by atoms with Crippen molar-refractivity contribution >= 4 is 11.9 Å². The summed E-state index contributed by atoms with van der Waals surface area (Å²) < 4.78 is 0. The normalized spacial score (nSPS) is 17.3. The van der Waals surface area contributed by atoms with Gasteiger partial charge in [0, 0.05) is 37.9 Å². The predicted molar refractivity (Wildman–Crippen MR) is 129 cm³/mol. The molecule has 1 fully saturated rings. The van der Waals surface area contributed by atoms with Crippen molar-refractivity contribution in [3.8, 4) is 5.75 Å². The summed E-state index contributed by atoms with van der Waals surface area (Å²) in [5.74, 6) is 1.16. The second-order valence-corrected chi connectivity index (χ2v) is 10.9. The number of nitrogens with zero attached hydrogens (tertiary/aromatic N) is 3. The van der Waals surface area contributed by atoms with E-state index in [1.807, 2.05) is 6.07 Å². The number of piperidine rings is 1. The number of carbonyl (C=O) groups is 1. The summed E-state index contributed by atoms with van der Waals surface area (Å²) in [6, 6.07) is 6.04. The maximum absolute atomic E-state index is 12.7. The number of phenols is 1. The third-order valence-corrected chi connectivity index (χ3v) is 6.05. The molecule has 32 heavy (non-hydrogen) atoms. The maximum atomic E-state index is 12.7. The summed E-state index contributed by atoms with van der Waals surface area (Å²) in [6.07, 6.45) is 6.55. The van der Waals surface area contributed by atoms with E-state index in [1.54, 1.807) is 12.4 Å². The molecule has 1 amide bonds. The number of benzene rings is 1. The minimum Gasteiger partial charge on any atom is -0.507 e. The van der Waals surface area contributed by atoms with E-state index in [0.29, 0.717) is 18.6 Å². The molecule has 1 aliphatic rings. The number of aryl methyl sites for hydroxylation is 1. The van der Waals surface area contributed by atoms with Crippen LogP contribution in [0.15, 0.2) is 30.6 Å². The van der Waals surface area contributed by atoms with E-state index < -0.39 is 0 Å². The van der Waals surface area contributed by atoms with Gasteiger partial charge in [-0.05, 0) is 52.8 Å². The van der Waals surface area contributed by atoms with Gasteiger partial charge in [0.2, 0.25) is 11.9 Å². The van der Waals surface area contributed by atoms with Gasteiger partial charge in [-0.1, -0.05) is 53.7 Å². The minimum absolute atomic E-state index is 0.0634. The van der Waals surface area contributed by atoms with E-state index in [0.717, 1.165) is 48.6 Å². The maximum Gasteiger partial charge on any atom is 0.225 e. The largest absolute Gasteiger partial charge is 0.507 e. The number of carbonyl (C=O) groups excluding carboxylic acids is 1.